The number of carbonyl (C=O) groups excluding carboxylic acids is 1. The molecule has 0 atom stereocenters. The first-order chi connectivity index (χ1) is 8.58. The van der Waals surface area contributed by atoms with Crippen molar-refractivity contribution >= 4 is 23.0 Å². The van der Waals surface area contributed by atoms with E-state index in [1.807, 2.05) is 6.92 Å². The van der Waals surface area contributed by atoms with E-state index in [2.05, 4.69) is 10.1 Å². The number of carbonyl (C=O) groups is 1. The number of aromatic nitrogens is 1. The number of hydrogen-bond donors (Lipinski definition) is 0. The molecule has 2 aromatic rings. The summed E-state index contributed by atoms with van der Waals surface area (Å²) in [5.74, 6) is 0.608. The Balaban J connectivity index is 2.10. The standard InChI is InChI=1S/C12H12N2O3S/c1-7-11(16-9(3)13-7)8(2)14-17-12(15)10-4-5-18-6-10/h4-6H,1-3H3/b14-8+. The molecule has 0 spiro atoms. The van der Waals surface area contributed by atoms with E-state index < -0.39 is 5.97 Å². The van der Waals surface area contributed by atoms with Crippen molar-refractivity contribution in [1.29, 1.82) is 0 Å². The Morgan fingerprint density at radius 3 is 2.83 bits per heavy atom. The number of nitrogens with zero attached hydrogens (tertiary/aromatic N) is 2. The highest BCUT2D eigenvalue weighted by Gasteiger charge is 2.12. The SMILES string of the molecule is C/C(=N\OC(=O)c1ccsc1)c1oc(C)nc1C. The molecule has 0 aliphatic carbocycles. The highest BCUT2D eigenvalue weighted by Crippen LogP contribution is 2.12. The Labute approximate surface area is 108 Å². The molecule has 6 heteroatoms. The van der Waals surface area contributed by atoms with Crippen molar-refractivity contribution < 1.29 is 14.0 Å². The predicted octanol–water partition coefficient (Wildman–Crippen LogP) is 2.93. The normalized spacial score (nSPS) is 11.6. The monoisotopic (exact) mass is 264 g/mol. The molecule has 0 radical (unpaired) electrons. The van der Waals surface area contributed by atoms with E-state index in [0.717, 1.165) is 5.69 Å². The van der Waals surface area contributed by atoms with Crippen LogP contribution in [0.4, 0.5) is 0 Å². The fraction of sp³-hybridized carbons (Fsp3) is 0.250. The van der Waals surface area contributed by atoms with Crippen molar-refractivity contribution in [3.05, 3.63) is 39.7 Å². The smallest absolute Gasteiger partial charge is 0.366 e. The Bertz CT molecular complexity index is 584. The third-order valence-electron chi connectivity index (χ3n) is 2.25. The van der Waals surface area contributed by atoms with E-state index in [0.29, 0.717) is 22.9 Å². The van der Waals surface area contributed by atoms with Crippen LogP contribution in [-0.4, -0.2) is 16.7 Å². The molecule has 2 aromatic heterocycles. The Morgan fingerprint density at radius 1 is 1.50 bits per heavy atom. The van der Waals surface area contributed by atoms with Gasteiger partial charge in [0.15, 0.2) is 11.7 Å². The van der Waals surface area contributed by atoms with Gasteiger partial charge in [-0.1, -0.05) is 5.16 Å². The minimum atomic E-state index is -0.482. The zero-order valence-corrected chi connectivity index (χ0v) is 11.1. The fourth-order valence-electron chi connectivity index (χ4n) is 1.45. The lowest BCUT2D eigenvalue weighted by molar-refractivity contribution is 0.0516. The highest BCUT2D eigenvalue weighted by molar-refractivity contribution is 7.08. The molecule has 0 unspecified atom stereocenters. The van der Waals surface area contributed by atoms with Crippen molar-refractivity contribution in [1.82, 2.24) is 4.98 Å². The quantitative estimate of drug-likeness (QED) is 0.485. The summed E-state index contributed by atoms with van der Waals surface area (Å²) in [4.78, 5) is 20.5. The van der Waals surface area contributed by atoms with Crippen molar-refractivity contribution in [3.63, 3.8) is 0 Å². The topological polar surface area (TPSA) is 64.7 Å². The average Bonchev–Trinajstić information content (AvgIpc) is 2.95. The number of thiophene rings is 1. The highest BCUT2D eigenvalue weighted by atomic mass is 32.1. The number of hydrogen-bond acceptors (Lipinski definition) is 6. The van der Waals surface area contributed by atoms with Gasteiger partial charge < -0.3 is 9.25 Å². The van der Waals surface area contributed by atoms with E-state index in [1.165, 1.54) is 11.3 Å². The first-order valence-corrected chi connectivity index (χ1v) is 6.24. The first-order valence-electron chi connectivity index (χ1n) is 5.30. The van der Waals surface area contributed by atoms with Crippen LogP contribution in [0.2, 0.25) is 0 Å². The van der Waals surface area contributed by atoms with Gasteiger partial charge in [-0.25, -0.2) is 9.78 Å². The van der Waals surface area contributed by atoms with Crippen LogP contribution in [0.3, 0.4) is 0 Å². The predicted molar refractivity (Wildman–Crippen MR) is 67.9 cm³/mol. The molecule has 0 bridgehead atoms. The van der Waals surface area contributed by atoms with Crippen LogP contribution in [0, 0.1) is 13.8 Å². The summed E-state index contributed by atoms with van der Waals surface area (Å²) in [5, 5.41) is 7.27. The molecule has 0 aromatic carbocycles. The van der Waals surface area contributed by atoms with Crippen LogP contribution >= 0.6 is 11.3 Å². The lowest BCUT2D eigenvalue weighted by atomic mass is 10.3. The molecule has 0 aliphatic heterocycles. The molecular weight excluding hydrogens is 252 g/mol. The maximum Gasteiger partial charge on any atom is 0.366 e. The van der Waals surface area contributed by atoms with Crippen molar-refractivity contribution in [2.75, 3.05) is 0 Å². The van der Waals surface area contributed by atoms with Gasteiger partial charge in [-0.05, 0) is 25.3 Å². The zero-order valence-electron chi connectivity index (χ0n) is 10.3. The number of oxime groups is 1. The van der Waals surface area contributed by atoms with Crippen molar-refractivity contribution in [3.8, 4) is 0 Å². The van der Waals surface area contributed by atoms with Gasteiger partial charge in [-0.15, -0.1) is 0 Å². The molecule has 94 valence electrons. The summed E-state index contributed by atoms with van der Waals surface area (Å²) in [6, 6.07) is 1.68. The summed E-state index contributed by atoms with van der Waals surface area (Å²) >= 11 is 1.43. The van der Waals surface area contributed by atoms with Crippen LogP contribution < -0.4 is 0 Å². The molecule has 0 aliphatic rings. The molecule has 5 nitrogen and oxygen atoms in total. The summed E-state index contributed by atoms with van der Waals surface area (Å²) < 4.78 is 5.37. The number of rotatable bonds is 3. The third kappa shape index (κ3) is 2.65. The third-order valence-corrected chi connectivity index (χ3v) is 2.94. The van der Waals surface area contributed by atoms with Gasteiger partial charge in [0, 0.05) is 12.3 Å². The maximum absolute atomic E-state index is 11.6. The van der Waals surface area contributed by atoms with E-state index in [1.54, 1.807) is 30.7 Å². The summed E-state index contributed by atoms with van der Waals surface area (Å²) in [6.07, 6.45) is 0. The second-order valence-electron chi connectivity index (χ2n) is 3.71. The Kier molecular flexibility index (Phi) is 3.57. The summed E-state index contributed by atoms with van der Waals surface area (Å²) in [5.41, 5.74) is 1.69. The van der Waals surface area contributed by atoms with Gasteiger partial charge in [0.05, 0.1) is 11.3 Å². The molecule has 0 fully saturated rings. The van der Waals surface area contributed by atoms with Crippen molar-refractivity contribution in [2.24, 2.45) is 5.16 Å². The molecule has 2 heterocycles. The van der Waals surface area contributed by atoms with Crippen LogP contribution in [0.5, 0.6) is 0 Å². The van der Waals surface area contributed by atoms with Gasteiger partial charge in [-0.3, -0.25) is 0 Å². The average molecular weight is 264 g/mol. The molecular formula is C12H12N2O3S. The van der Waals surface area contributed by atoms with Gasteiger partial charge in [0.2, 0.25) is 0 Å². The van der Waals surface area contributed by atoms with E-state index >= 15 is 0 Å². The lowest BCUT2D eigenvalue weighted by Gasteiger charge is -1.97. The summed E-state index contributed by atoms with van der Waals surface area (Å²) in [7, 11) is 0. The van der Waals surface area contributed by atoms with Gasteiger partial charge in [-0.2, -0.15) is 11.3 Å². The minimum absolute atomic E-state index is 0.482. The molecule has 0 amide bonds. The van der Waals surface area contributed by atoms with Gasteiger partial charge in [0.25, 0.3) is 0 Å². The Hall–Kier alpha value is -1.95. The van der Waals surface area contributed by atoms with Gasteiger partial charge >= 0.3 is 5.97 Å². The largest absolute Gasteiger partial charge is 0.439 e. The second kappa shape index (κ2) is 5.14. The first kappa shape index (κ1) is 12.5. The van der Waals surface area contributed by atoms with Crippen molar-refractivity contribution in [2.45, 2.75) is 20.8 Å². The van der Waals surface area contributed by atoms with Crippen LogP contribution in [0.1, 0.15) is 34.6 Å². The zero-order chi connectivity index (χ0) is 13.1. The van der Waals surface area contributed by atoms with Crippen LogP contribution in [0.15, 0.2) is 26.4 Å². The minimum Gasteiger partial charge on any atom is -0.439 e. The number of aryl methyl sites for hydroxylation is 2. The van der Waals surface area contributed by atoms with E-state index in [4.69, 9.17) is 9.25 Å². The maximum atomic E-state index is 11.6. The molecule has 0 saturated heterocycles. The fourth-order valence-corrected chi connectivity index (χ4v) is 2.08. The molecule has 2 rings (SSSR count). The second-order valence-corrected chi connectivity index (χ2v) is 4.49. The molecule has 0 N–H and O–H groups in total. The van der Waals surface area contributed by atoms with Gasteiger partial charge in [0.1, 0.15) is 5.71 Å². The molecule has 18 heavy (non-hydrogen) atoms. The van der Waals surface area contributed by atoms with E-state index in [-0.39, 0.29) is 0 Å². The summed E-state index contributed by atoms with van der Waals surface area (Å²) in [6.45, 7) is 5.26. The molecule has 0 saturated carbocycles. The number of oxazole rings is 1. The Morgan fingerprint density at radius 2 is 2.28 bits per heavy atom. The van der Waals surface area contributed by atoms with Crippen LogP contribution in [0.25, 0.3) is 0 Å². The lowest BCUT2D eigenvalue weighted by Crippen LogP contribution is -2.03. The van der Waals surface area contributed by atoms with Crippen LogP contribution in [-0.2, 0) is 4.84 Å². The van der Waals surface area contributed by atoms with E-state index in [9.17, 15) is 4.79 Å².